The molecule has 0 aliphatic heterocycles. The second-order valence-electron chi connectivity index (χ2n) is 8.10. The summed E-state index contributed by atoms with van der Waals surface area (Å²) < 4.78 is 5.42. The second-order valence-corrected chi connectivity index (χ2v) is 8.10. The maximum atomic E-state index is 10.5. The summed E-state index contributed by atoms with van der Waals surface area (Å²) in [4.78, 5) is 12.5. The number of fused-ring (bicyclic) bond motifs is 2. The molecule has 0 amide bonds. The van der Waals surface area contributed by atoms with Gasteiger partial charge in [0.25, 0.3) is 0 Å². The Balaban J connectivity index is 1.86. The molecule has 1 atom stereocenters. The fourth-order valence-electron chi connectivity index (χ4n) is 4.40. The average molecular weight is 428 g/mol. The molecule has 5 rings (SSSR count). The van der Waals surface area contributed by atoms with Crippen LogP contribution in [-0.2, 0) is 0 Å². The van der Waals surface area contributed by atoms with Crippen LogP contribution < -0.4 is 0 Å². The highest BCUT2D eigenvalue weighted by Crippen LogP contribution is 2.40. The molecule has 0 spiro atoms. The lowest BCUT2D eigenvalue weighted by Gasteiger charge is -2.13. The van der Waals surface area contributed by atoms with Crippen molar-refractivity contribution in [3.8, 4) is 22.3 Å². The molecule has 0 saturated carbocycles. The van der Waals surface area contributed by atoms with Crippen LogP contribution in [0.25, 0.3) is 44.2 Å². The van der Waals surface area contributed by atoms with Crippen LogP contribution in [0.5, 0.6) is 0 Å². The third-order valence-corrected chi connectivity index (χ3v) is 5.91. The van der Waals surface area contributed by atoms with Crippen molar-refractivity contribution in [3.63, 3.8) is 0 Å². The fourth-order valence-corrected chi connectivity index (χ4v) is 4.40. The molecule has 3 N–H and O–H groups in total. The molecular weight excluding hydrogens is 404 g/mol. The third kappa shape index (κ3) is 3.26. The van der Waals surface area contributed by atoms with Gasteiger partial charge in [0.05, 0.1) is 22.2 Å². The number of rotatable bonds is 5. The molecule has 0 saturated heterocycles. The molecule has 3 heterocycles. The third-order valence-electron chi connectivity index (χ3n) is 5.91. The molecule has 0 aliphatic carbocycles. The molecule has 7 nitrogen and oxygen atoms in total. The summed E-state index contributed by atoms with van der Waals surface area (Å²) in [6, 6.07) is 12.2. The lowest BCUT2D eigenvalue weighted by molar-refractivity contribution is 0.127. The highest BCUT2D eigenvalue weighted by Gasteiger charge is 2.21. The molecule has 1 unspecified atom stereocenters. The van der Waals surface area contributed by atoms with Crippen LogP contribution in [0.2, 0.25) is 0 Å². The maximum absolute atomic E-state index is 10.5. The van der Waals surface area contributed by atoms with Gasteiger partial charge in [-0.2, -0.15) is 0 Å². The normalized spacial score (nSPS) is 12.7. The largest absolute Gasteiger partial charge is 0.396 e. The molecular formula is C25H24N4O3. The molecule has 0 bridgehead atoms. The van der Waals surface area contributed by atoms with E-state index in [0.717, 1.165) is 61.2 Å². The van der Waals surface area contributed by atoms with Crippen molar-refractivity contribution in [1.29, 1.82) is 0 Å². The van der Waals surface area contributed by atoms with Crippen molar-refractivity contribution < 1.29 is 14.7 Å². The number of H-pyrrole nitrogens is 1. The van der Waals surface area contributed by atoms with Crippen molar-refractivity contribution in [2.24, 2.45) is 0 Å². The van der Waals surface area contributed by atoms with Crippen LogP contribution in [0.15, 0.2) is 47.1 Å². The Morgan fingerprint density at radius 2 is 1.94 bits per heavy atom. The highest BCUT2D eigenvalue weighted by molar-refractivity contribution is 6.05. The predicted molar refractivity (Wildman–Crippen MR) is 123 cm³/mol. The number of hydrogen-bond acceptors (Lipinski definition) is 6. The van der Waals surface area contributed by atoms with Crippen molar-refractivity contribution in [1.82, 2.24) is 20.1 Å². The Morgan fingerprint density at radius 1 is 1.09 bits per heavy atom. The monoisotopic (exact) mass is 428 g/mol. The SMILES string of the molecule is Cc1ccc2ncccc2c1-c1cc(-c2c(C)noc2C)cc2[nH]c(C(O)CCO)nc12. The number of aryl methyl sites for hydroxylation is 3. The lowest BCUT2D eigenvalue weighted by Crippen LogP contribution is -2.01. The minimum atomic E-state index is -0.877. The number of aliphatic hydroxyl groups is 2. The first-order valence-electron chi connectivity index (χ1n) is 10.6. The molecule has 162 valence electrons. The molecule has 0 radical (unpaired) electrons. The van der Waals surface area contributed by atoms with Crippen LogP contribution in [0.3, 0.4) is 0 Å². The minimum Gasteiger partial charge on any atom is -0.396 e. The number of pyridine rings is 1. The number of hydrogen-bond donors (Lipinski definition) is 3. The van der Waals surface area contributed by atoms with Crippen LogP contribution in [0.1, 0.15) is 35.4 Å². The molecule has 2 aromatic carbocycles. The number of aromatic nitrogens is 4. The first-order valence-corrected chi connectivity index (χ1v) is 10.6. The van der Waals surface area contributed by atoms with Gasteiger partial charge in [-0.25, -0.2) is 4.98 Å². The summed E-state index contributed by atoms with van der Waals surface area (Å²) in [5, 5.41) is 24.9. The number of aromatic amines is 1. The van der Waals surface area contributed by atoms with E-state index in [1.807, 2.05) is 32.0 Å². The summed E-state index contributed by atoms with van der Waals surface area (Å²) in [6.45, 7) is 5.77. The van der Waals surface area contributed by atoms with Crippen LogP contribution in [-0.4, -0.2) is 36.9 Å². The van der Waals surface area contributed by atoms with Crippen molar-refractivity contribution >= 4 is 21.9 Å². The number of nitrogens with zero attached hydrogens (tertiary/aromatic N) is 3. The van der Waals surface area contributed by atoms with E-state index < -0.39 is 6.10 Å². The smallest absolute Gasteiger partial charge is 0.141 e. The van der Waals surface area contributed by atoms with Crippen LogP contribution >= 0.6 is 0 Å². The Labute approximate surface area is 184 Å². The molecule has 5 aromatic rings. The first-order chi connectivity index (χ1) is 15.5. The van der Waals surface area contributed by atoms with Gasteiger partial charge in [-0.1, -0.05) is 17.3 Å². The van der Waals surface area contributed by atoms with Crippen LogP contribution in [0, 0.1) is 20.8 Å². The van der Waals surface area contributed by atoms with Crippen molar-refractivity contribution in [3.05, 3.63) is 65.4 Å². The quantitative estimate of drug-likeness (QED) is 0.372. The summed E-state index contributed by atoms with van der Waals surface area (Å²) in [5.74, 6) is 1.17. The summed E-state index contributed by atoms with van der Waals surface area (Å²) in [7, 11) is 0. The zero-order chi connectivity index (χ0) is 22.4. The van der Waals surface area contributed by atoms with E-state index in [2.05, 4.69) is 40.2 Å². The number of nitrogens with one attached hydrogen (secondary N) is 1. The van der Waals surface area contributed by atoms with Gasteiger partial charge in [0, 0.05) is 35.7 Å². The Morgan fingerprint density at radius 3 is 2.69 bits per heavy atom. The Hall–Kier alpha value is -3.55. The summed E-state index contributed by atoms with van der Waals surface area (Å²) in [5.41, 5.74) is 8.24. The number of imidazole rings is 1. The van der Waals surface area contributed by atoms with Gasteiger partial charge in [0.15, 0.2) is 0 Å². The van der Waals surface area contributed by atoms with Gasteiger partial charge >= 0.3 is 0 Å². The maximum Gasteiger partial charge on any atom is 0.141 e. The molecule has 32 heavy (non-hydrogen) atoms. The molecule has 3 aromatic heterocycles. The topological polar surface area (TPSA) is 108 Å². The Kier molecular flexibility index (Phi) is 5.00. The van der Waals surface area contributed by atoms with Gasteiger partial charge in [0.2, 0.25) is 0 Å². The molecule has 0 aliphatic rings. The minimum absolute atomic E-state index is 0.122. The van der Waals surface area contributed by atoms with E-state index >= 15 is 0 Å². The van der Waals surface area contributed by atoms with E-state index in [1.165, 1.54) is 0 Å². The lowest BCUT2D eigenvalue weighted by atomic mass is 9.92. The first kappa shape index (κ1) is 20.4. The van der Waals surface area contributed by atoms with Gasteiger partial charge in [-0.05, 0) is 61.7 Å². The zero-order valence-corrected chi connectivity index (χ0v) is 18.2. The van der Waals surface area contributed by atoms with Crippen molar-refractivity contribution in [2.75, 3.05) is 6.61 Å². The standard InChI is InChI=1S/C25H24N4O3/c1-13-6-7-19-17(5-4-9-26-19)22(13)18-11-16(23-14(2)29-32-15(23)3)12-20-24(18)28-25(27-20)21(31)8-10-30/h4-7,9,11-12,21,30-31H,8,10H2,1-3H3,(H,27,28). The second kappa shape index (κ2) is 7.85. The number of benzene rings is 2. The van der Waals surface area contributed by atoms with Crippen LogP contribution in [0.4, 0.5) is 0 Å². The zero-order valence-electron chi connectivity index (χ0n) is 18.2. The molecule has 0 fully saturated rings. The van der Waals surface area contributed by atoms with E-state index in [-0.39, 0.29) is 13.0 Å². The number of aliphatic hydroxyl groups excluding tert-OH is 2. The molecule has 7 heteroatoms. The highest BCUT2D eigenvalue weighted by atomic mass is 16.5. The van der Waals surface area contributed by atoms with Gasteiger partial charge in [-0.3, -0.25) is 4.98 Å². The van der Waals surface area contributed by atoms with Gasteiger partial charge < -0.3 is 19.7 Å². The fraction of sp³-hybridized carbons (Fsp3) is 0.240. The van der Waals surface area contributed by atoms with E-state index in [1.54, 1.807) is 6.20 Å². The predicted octanol–water partition coefficient (Wildman–Crippen LogP) is 4.77. The summed E-state index contributed by atoms with van der Waals surface area (Å²) in [6.07, 6.45) is 1.12. The summed E-state index contributed by atoms with van der Waals surface area (Å²) >= 11 is 0. The van der Waals surface area contributed by atoms with Gasteiger partial charge in [-0.15, -0.1) is 0 Å². The average Bonchev–Trinajstić information content (AvgIpc) is 3.36. The Bertz CT molecular complexity index is 1430. The van der Waals surface area contributed by atoms with E-state index in [9.17, 15) is 10.2 Å². The van der Waals surface area contributed by atoms with Crippen molar-refractivity contribution in [2.45, 2.75) is 33.3 Å². The van der Waals surface area contributed by atoms with E-state index in [0.29, 0.717) is 5.82 Å². The van der Waals surface area contributed by atoms with E-state index in [4.69, 9.17) is 9.51 Å². The van der Waals surface area contributed by atoms with Gasteiger partial charge in [0.1, 0.15) is 17.7 Å².